The monoisotopic (exact) mass is 407 g/mol. The van der Waals surface area contributed by atoms with Gasteiger partial charge in [-0.1, -0.05) is 56.8 Å². The zero-order valence-corrected chi connectivity index (χ0v) is 18.3. The van der Waals surface area contributed by atoms with E-state index in [0.29, 0.717) is 0 Å². The maximum atomic E-state index is 4.12. The summed E-state index contributed by atoms with van der Waals surface area (Å²) in [5.41, 5.74) is 7.59. The quantitative estimate of drug-likeness (QED) is 0.299. The van der Waals surface area contributed by atoms with E-state index in [1.807, 2.05) is 17.4 Å². The molecule has 2 heterocycles. The third kappa shape index (κ3) is 3.00. The van der Waals surface area contributed by atoms with Crippen LogP contribution in [0.3, 0.4) is 0 Å². The Morgan fingerprint density at radius 2 is 1.77 bits per heavy atom. The summed E-state index contributed by atoms with van der Waals surface area (Å²) in [4.78, 5) is 4.84. The van der Waals surface area contributed by atoms with Crippen molar-refractivity contribution in [1.29, 1.82) is 0 Å². The highest BCUT2D eigenvalue weighted by molar-refractivity contribution is 7.20. The molecule has 0 amide bonds. The molecule has 0 fully saturated rings. The molecule has 3 aromatic carbocycles. The van der Waals surface area contributed by atoms with Gasteiger partial charge in [0.2, 0.25) is 0 Å². The van der Waals surface area contributed by atoms with Gasteiger partial charge in [-0.05, 0) is 71.5 Å². The van der Waals surface area contributed by atoms with Gasteiger partial charge >= 0.3 is 0 Å². The molecule has 0 saturated heterocycles. The van der Waals surface area contributed by atoms with Crippen LogP contribution < -0.4 is 0 Å². The Balaban J connectivity index is 1.81. The van der Waals surface area contributed by atoms with Gasteiger partial charge in [0, 0.05) is 36.8 Å². The van der Waals surface area contributed by atoms with E-state index in [1.54, 1.807) is 0 Å². The van der Waals surface area contributed by atoms with Crippen LogP contribution >= 0.6 is 11.3 Å². The average molecular weight is 408 g/mol. The second kappa shape index (κ2) is 7.62. The van der Waals surface area contributed by atoms with E-state index < -0.39 is 0 Å². The van der Waals surface area contributed by atoms with Crippen molar-refractivity contribution < 1.29 is 0 Å². The first-order chi connectivity index (χ1) is 14.7. The number of aryl methyl sites for hydroxylation is 1. The fraction of sp³-hybridized carbons (Fsp3) is 0.143. The SMILES string of the molecule is C=Cc1c(/C=C\CC)sc2c(-c3ccc4[nH]c5ccccc5c4c3)cc(CC)cc12. The van der Waals surface area contributed by atoms with Gasteiger partial charge in [0.05, 0.1) is 0 Å². The third-order valence-electron chi connectivity index (χ3n) is 5.85. The molecule has 1 N–H and O–H groups in total. The van der Waals surface area contributed by atoms with Crippen molar-refractivity contribution in [3.8, 4) is 11.1 Å². The van der Waals surface area contributed by atoms with Gasteiger partial charge < -0.3 is 4.98 Å². The summed E-state index contributed by atoms with van der Waals surface area (Å²) in [7, 11) is 0. The van der Waals surface area contributed by atoms with E-state index in [9.17, 15) is 0 Å². The number of para-hydroxylation sites is 1. The average Bonchev–Trinajstić information content (AvgIpc) is 3.33. The minimum atomic E-state index is 1.02. The molecular weight excluding hydrogens is 382 g/mol. The molecule has 2 aromatic heterocycles. The van der Waals surface area contributed by atoms with Crippen LogP contribution in [0.2, 0.25) is 0 Å². The van der Waals surface area contributed by atoms with Gasteiger partial charge in [0.1, 0.15) is 0 Å². The fourth-order valence-electron chi connectivity index (χ4n) is 4.29. The highest BCUT2D eigenvalue weighted by atomic mass is 32.1. The predicted molar refractivity (Wildman–Crippen MR) is 135 cm³/mol. The molecule has 0 bridgehead atoms. The Bertz CT molecular complexity index is 1430. The minimum absolute atomic E-state index is 1.02. The molecule has 0 atom stereocenters. The third-order valence-corrected chi connectivity index (χ3v) is 7.07. The maximum Gasteiger partial charge on any atom is 0.0465 e. The fourth-order valence-corrected chi connectivity index (χ4v) is 5.54. The Labute approximate surface area is 181 Å². The summed E-state index contributed by atoms with van der Waals surface area (Å²) in [5, 5.41) is 3.88. The molecule has 148 valence electrons. The number of rotatable bonds is 5. The van der Waals surface area contributed by atoms with E-state index in [2.05, 4.69) is 92.2 Å². The standard InChI is InChI=1S/C28H25NS/c1-4-7-12-27-20(6-3)24-16-18(5-2)15-22(28(24)30-27)19-13-14-26-23(17-19)21-10-8-9-11-25(21)29-26/h6-17,29H,3-5H2,1-2H3/b12-7-. The lowest BCUT2D eigenvalue weighted by molar-refractivity contribution is 1.15. The molecule has 0 radical (unpaired) electrons. The van der Waals surface area contributed by atoms with Gasteiger partial charge in [-0.3, -0.25) is 0 Å². The normalized spacial score (nSPS) is 11.9. The topological polar surface area (TPSA) is 15.8 Å². The molecule has 2 heteroatoms. The van der Waals surface area contributed by atoms with Crippen molar-refractivity contribution in [2.45, 2.75) is 26.7 Å². The smallest absolute Gasteiger partial charge is 0.0465 e. The van der Waals surface area contributed by atoms with Gasteiger partial charge in [0.15, 0.2) is 0 Å². The van der Waals surface area contributed by atoms with Crippen LogP contribution in [-0.2, 0) is 6.42 Å². The molecule has 0 spiro atoms. The Kier molecular flexibility index (Phi) is 4.80. The summed E-state index contributed by atoms with van der Waals surface area (Å²) in [6.07, 6.45) is 8.55. The predicted octanol–water partition coefficient (Wildman–Crippen LogP) is 8.83. The second-order valence-electron chi connectivity index (χ2n) is 7.70. The number of nitrogens with one attached hydrogen (secondary N) is 1. The summed E-state index contributed by atoms with van der Waals surface area (Å²) in [5.74, 6) is 0. The molecule has 30 heavy (non-hydrogen) atoms. The van der Waals surface area contributed by atoms with Gasteiger partial charge in [0.25, 0.3) is 0 Å². The van der Waals surface area contributed by atoms with Crippen LogP contribution in [0.25, 0.3) is 55.2 Å². The lowest BCUT2D eigenvalue weighted by Gasteiger charge is -2.08. The number of benzene rings is 3. The molecule has 0 aliphatic heterocycles. The molecule has 0 aliphatic carbocycles. The maximum absolute atomic E-state index is 4.12. The van der Waals surface area contributed by atoms with E-state index >= 15 is 0 Å². The van der Waals surface area contributed by atoms with Crippen molar-refractivity contribution in [2.75, 3.05) is 0 Å². The van der Waals surface area contributed by atoms with Gasteiger partial charge in [-0.25, -0.2) is 0 Å². The zero-order chi connectivity index (χ0) is 20.7. The lowest BCUT2D eigenvalue weighted by Crippen LogP contribution is -1.85. The Hall–Kier alpha value is -3.10. The number of H-pyrrole nitrogens is 1. The van der Waals surface area contributed by atoms with Crippen molar-refractivity contribution in [3.63, 3.8) is 0 Å². The van der Waals surface area contributed by atoms with Crippen LogP contribution in [0.15, 0.2) is 67.3 Å². The molecule has 5 rings (SSSR count). The van der Waals surface area contributed by atoms with Crippen molar-refractivity contribution in [2.24, 2.45) is 0 Å². The summed E-state index contributed by atoms with van der Waals surface area (Å²) < 4.78 is 1.34. The molecule has 1 nitrogen and oxygen atoms in total. The second-order valence-corrected chi connectivity index (χ2v) is 8.75. The van der Waals surface area contributed by atoms with E-state index in [1.165, 1.54) is 59.0 Å². The van der Waals surface area contributed by atoms with E-state index in [4.69, 9.17) is 0 Å². The number of hydrogen-bond acceptors (Lipinski definition) is 1. The van der Waals surface area contributed by atoms with Crippen LogP contribution in [0.1, 0.15) is 36.3 Å². The van der Waals surface area contributed by atoms with Crippen LogP contribution in [0.4, 0.5) is 0 Å². The summed E-state index contributed by atoms with van der Waals surface area (Å²) >= 11 is 1.87. The number of aromatic amines is 1. The lowest BCUT2D eigenvalue weighted by atomic mass is 9.96. The van der Waals surface area contributed by atoms with E-state index in [0.717, 1.165) is 12.8 Å². The number of fused-ring (bicyclic) bond motifs is 4. The van der Waals surface area contributed by atoms with Gasteiger partial charge in [-0.2, -0.15) is 0 Å². The largest absolute Gasteiger partial charge is 0.355 e. The number of hydrogen-bond donors (Lipinski definition) is 1. The number of aromatic nitrogens is 1. The zero-order valence-electron chi connectivity index (χ0n) is 17.5. The molecule has 0 aliphatic rings. The summed E-state index contributed by atoms with van der Waals surface area (Å²) in [6.45, 7) is 8.52. The molecule has 5 aromatic rings. The van der Waals surface area contributed by atoms with Gasteiger partial charge in [-0.15, -0.1) is 11.3 Å². The van der Waals surface area contributed by atoms with Crippen molar-refractivity contribution in [3.05, 3.63) is 83.3 Å². The van der Waals surface area contributed by atoms with Crippen LogP contribution in [0, 0.1) is 0 Å². The van der Waals surface area contributed by atoms with Crippen LogP contribution in [0.5, 0.6) is 0 Å². The van der Waals surface area contributed by atoms with Crippen LogP contribution in [-0.4, -0.2) is 4.98 Å². The minimum Gasteiger partial charge on any atom is -0.355 e. The van der Waals surface area contributed by atoms with E-state index in [-0.39, 0.29) is 0 Å². The molecular formula is C28H25NS. The summed E-state index contributed by atoms with van der Waals surface area (Å²) in [6, 6.07) is 20.1. The first-order valence-electron chi connectivity index (χ1n) is 10.6. The van der Waals surface area contributed by atoms with Crippen molar-refractivity contribution >= 4 is 55.4 Å². The number of thiophene rings is 1. The highest BCUT2D eigenvalue weighted by Crippen LogP contribution is 2.41. The first kappa shape index (κ1) is 18.9. The molecule has 0 unspecified atom stereocenters. The first-order valence-corrected chi connectivity index (χ1v) is 11.4. The van der Waals surface area contributed by atoms with Crippen molar-refractivity contribution in [1.82, 2.24) is 4.98 Å². The Morgan fingerprint density at radius 3 is 2.57 bits per heavy atom. The molecule has 0 saturated carbocycles. The Morgan fingerprint density at radius 1 is 0.933 bits per heavy atom. The number of allylic oxidation sites excluding steroid dienone is 1. The highest BCUT2D eigenvalue weighted by Gasteiger charge is 2.15.